The van der Waals surface area contributed by atoms with Gasteiger partial charge in [0.05, 0.1) is 52.6 Å². The predicted molar refractivity (Wildman–Crippen MR) is 286 cm³/mol. The number of thioether (sulfide) groups is 2. The summed E-state index contributed by atoms with van der Waals surface area (Å²) >= 11 is 7.83. The number of nitrogens with two attached hydrogens (primary N) is 3. The molecule has 12 rings (SSSR count). The molecule has 2 saturated carbocycles. The number of oxazole rings is 2. The number of anilines is 1. The number of pyridine rings is 2. The fraction of sp³-hybridized carbons (Fsp3) is 0.306. The van der Waals surface area contributed by atoms with Gasteiger partial charge in [0.2, 0.25) is 23.5 Å². The molecule has 0 radical (unpaired) electrons. The van der Waals surface area contributed by atoms with Crippen LogP contribution in [0, 0.1) is 35.1 Å². The fourth-order valence-corrected chi connectivity index (χ4v) is 16.5. The molecule has 2 aliphatic heterocycles. The second-order valence-electron chi connectivity index (χ2n) is 19.0. The lowest BCUT2D eigenvalue weighted by atomic mass is 9.85. The highest BCUT2D eigenvalue weighted by Gasteiger charge is 2.73. The van der Waals surface area contributed by atoms with E-state index in [2.05, 4.69) is 49.9 Å². The lowest BCUT2D eigenvalue weighted by Crippen LogP contribution is -2.39. The third-order valence-electron chi connectivity index (χ3n) is 13.7. The van der Waals surface area contributed by atoms with Gasteiger partial charge in [0.1, 0.15) is 31.7 Å². The zero-order valence-electron chi connectivity index (χ0n) is 41.8. The Morgan fingerprint density at radius 2 is 1.14 bits per heavy atom. The number of aliphatic imine (C=N–C) groups is 2. The Morgan fingerprint density at radius 3 is 1.65 bits per heavy atom. The zero-order chi connectivity index (χ0) is 56.5. The number of rotatable bonds is 12. The first-order valence-corrected chi connectivity index (χ1v) is 29.2. The van der Waals surface area contributed by atoms with Gasteiger partial charge in [0.15, 0.2) is 71.6 Å². The van der Waals surface area contributed by atoms with E-state index in [0.717, 1.165) is 48.2 Å². The largest absolute Gasteiger partial charge is 0.467 e. The van der Waals surface area contributed by atoms with E-state index in [1.807, 2.05) is 0 Å². The second kappa shape index (κ2) is 20.5. The van der Waals surface area contributed by atoms with Gasteiger partial charge in [-0.15, -0.1) is 0 Å². The fourth-order valence-electron chi connectivity index (χ4n) is 9.77. The molecule has 8 heterocycles. The third-order valence-corrected chi connectivity index (χ3v) is 21.9. The van der Waals surface area contributed by atoms with Crippen LogP contribution in [0.4, 0.5) is 23.2 Å². The number of aromatic nitrogens is 8. The highest BCUT2D eigenvalue weighted by molar-refractivity contribution is 8.24. The van der Waals surface area contributed by atoms with E-state index in [0.29, 0.717) is 56.1 Å². The molecule has 30 heteroatoms. The molecule has 0 unspecified atom stereocenters. The van der Waals surface area contributed by atoms with Gasteiger partial charge < -0.3 is 35.5 Å². The molecule has 2 fully saturated rings. The van der Waals surface area contributed by atoms with E-state index < -0.39 is 74.0 Å². The number of hydrogen-bond acceptors (Lipinski definition) is 23. The van der Waals surface area contributed by atoms with Crippen molar-refractivity contribution in [2.45, 2.75) is 65.6 Å². The number of nitrogens with zero attached hydrogens (tertiary/aromatic N) is 10. The maximum absolute atomic E-state index is 15.3. The summed E-state index contributed by atoms with van der Waals surface area (Å²) in [7, 11) is -6.99. The number of fused-ring (bicyclic) bond motifs is 4. The number of hydrogen-bond donors (Lipinski definition) is 3. The summed E-state index contributed by atoms with van der Waals surface area (Å²) in [5.41, 5.74) is 17.7. The molecule has 0 amide bonds. The van der Waals surface area contributed by atoms with E-state index in [4.69, 9.17) is 47.1 Å². The van der Waals surface area contributed by atoms with Gasteiger partial charge >= 0.3 is 0 Å². The van der Waals surface area contributed by atoms with Crippen LogP contribution in [0.25, 0.3) is 22.1 Å². The van der Waals surface area contributed by atoms with Crippen molar-refractivity contribution in [2.75, 3.05) is 18.2 Å². The highest BCUT2D eigenvalue weighted by Crippen LogP contribution is 2.69. The predicted octanol–water partition coefficient (Wildman–Crippen LogP) is 7.33. The van der Waals surface area contributed by atoms with Crippen molar-refractivity contribution in [1.29, 1.82) is 0 Å². The molecule has 2 aliphatic carbocycles. The molecule has 6 atom stereocenters. The molecule has 0 spiro atoms. The smallest absolute Gasteiger partial charge is 0.233 e. The number of amidine groups is 2. The zero-order valence-corrected chi connectivity index (χ0v) is 45.8. The molecule has 6 N–H and O–H groups in total. The van der Waals surface area contributed by atoms with Gasteiger partial charge in [0.25, 0.3) is 0 Å². The van der Waals surface area contributed by atoms with E-state index >= 15 is 4.39 Å². The van der Waals surface area contributed by atoms with Crippen LogP contribution in [0.3, 0.4) is 0 Å². The summed E-state index contributed by atoms with van der Waals surface area (Å²) in [5.74, 6) is -3.87. The molecular formula is C49H44ClF4N13O8S4. The summed E-state index contributed by atoms with van der Waals surface area (Å²) in [6, 6.07) is 8.13. The van der Waals surface area contributed by atoms with Gasteiger partial charge in [-0.2, -0.15) is 0 Å². The van der Waals surface area contributed by atoms with Gasteiger partial charge in [-0.05, 0) is 68.7 Å². The SMILES string of the molecule is C[C@]1(c2cc(Cc3nccc4nc(OCc5ncco5)cnc34)cc(F)c2F)N=C(N)S[C@@]2(S(C)(=O)=O)C[C@H]21.C[C@]1(c2cc(N)cc(F)c2F)N=C(N)S[C@@]2(S(C)(=O)=O)C[C@H]21.Clc1nccc2nc(OCc3ncco3)cnc12. The maximum atomic E-state index is 15.3. The summed E-state index contributed by atoms with van der Waals surface area (Å²) in [6.45, 7) is 3.44. The Bertz CT molecular complexity index is 4010. The van der Waals surface area contributed by atoms with Crippen LogP contribution in [0.1, 0.15) is 60.9 Å². The Labute approximate surface area is 460 Å². The average molecular weight is 1180 g/mol. The standard InChI is InChI=1S/C25H22F2N6O4S2.C13H15F2N3O2S2.C11H7ClN4O2/c1-24(18-10-25(18,39(2,34)35)38-23(28)33-24)14-7-13(8-15(26)21(14)27)9-17-22-16(3-4-29-17)32-19(11-31-22)37-12-20-30-5-6-36-20;1-12(7-3-6(16)4-8(14)10(7)15)9-5-13(9,22(2,19)20)21-11(17)18-12;12-11-10-7(1-2-14-11)16-8(5-15-10)18-6-9-13-3-4-17-9/h3-8,11,18H,9-10,12H2,1-2H3,(H2,28,33);3-4,9H,5,16H2,1-2H3,(H2,17,18);1-5H,6H2/t18-,24+,25+;9-,12+,13+;/m00./s1. The Kier molecular flexibility index (Phi) is 14.3. The number of sulfone groups is 2. The number of benzene rings is 2. The lowest BCUT2D eigenvalue weighted by molar-refractivity contribution is 0.253. The van der Waals surface area contributed by atoms with Gasteiger partial charge in [-0.1, -0.05) is 35.1 Å². The number of ether oxygens (including phenoxy) is 2. The number of nitrogen functional groups attached to an aromatic ring is 1. The van der Waals surface area contributed by atoms with Gasteiger partial charge in [-0.25, -0.2) is 69.3 Å². The molecular weight excluding hydrogens is 1140 g/mol. The molecule has 4 aliphatic rings. The summed E-state index contributed by atoms with van der Waals surface area (Å²) in [5, 5.41) is 0.386. The van der Waals surface area contributed by atoms with Gasteiger partial charge in [-0.3, -0.25) is 15.0 Å². The number of halogens is 5. The molecule has 21 nitrogen and oxygen atoms in total. The van der Waals surface area contributed by atoms with Crippen molar-refractivity contribution >= 4 is 92.9 Å². The van der Waals surface area contributed by atoms with Crippen LogP contribution in [-0.4, -0.2) is 87.7 Å². The minimum atomic E-state index is -3.55. The van der Waals surface area contributed by atoms with Crippen molar-refractivity contribution < 1.29 is 52.7 Å². The van der Waals surface area contributed by atoms with E-state index in [1.165, 1.54) is 43.2 Å². The molecule has 2 aromatic carbocycles. The Hall–Kier alpha value is -7.21. The van der Waals surface area contributed by atoms with Crippen molar-refractivity contribution in [1.82, 2.24) is 39.9 Å². The van der Waals surface area contributed by atoms with Crippen LogP contribution in [-0.2, 0) is 50.4 Å². The first kappa shape index (κ1) is 55.1. The minimum absolute atomic E-state index is 0.0220. The quantitative estimate of drug-likeness (QED) is 0.0612. The molecule has 79 heavy (non-hydrogen) atoms. The van der Waals surface area contributed by atoms with E-state index in [1.54, 1.807) is 44.6 Å². The molecule has 0 saturated heterocycles. The summed E-state index contributed by atoms with van der Waals surface area (Å²) in [4.78, 5) is 42.2. The average Bonchev–Trinajstić information content (AvgIpc) is 2.25. The molecule has 6 aromatic heterocycles. The molecule has 8 aromatic rings. The normalized spacial score (nSPS) is 23.9. The molecule has 0 bridgehead atoms. The Balaban J connectivity index is 0.000000148. The highest BCUT2D eigenvalue weighted by atomic mass is 35.5. The van der Waals surface area contributed by atoms with E-state index in [9.17, 15) is 30.0 Å². The summed E-state index contributed by atoms with van der Waals surface area (Å²) < 4.78 is 126. The van der Waals surface area contributed by atoms with Crippen LogP contribution >= 0.6 is 35.1 Å². The minimum Gasteiger partial charge on any atom is -0.467 e. The van der Waals surface area contributed by atoms with Crippen molar-refractivity contribution in [3.05, 3.63) is 149 Å². The van der Waals surface area contributed by atoms with Crippen LogP contribution in [0.2, 0.25) is 5.15 Å². The van der Waals surface area contributed by atoms with Crippen LogP contribution in [0.15, 0.2) is 105 Å². The van der Waals surface area contributed by atoms with Crippen molar-refractivity contribution in [3.8, 4) is 11.8 Å². The lowest BCUT2D eigenvalue weighted by Gasteiger charge is -2.33. The molecule has 412 valence electrons. The van der Waals surface area contributed by atoms with Crippen LogP contribution < -0.4 is 26.7 Å². The van der Waals surface area contributed by atoms with Crippen molar-refractivity contribution in [3.63, 3.8) is 0 Å². The third kappa shape index (κ3) is 10.5. The monoisotopic (exact) mass is 1180 g/mol. The van der Waals surface area contributed by atoms with Crippen molar-refractivity contribution in [2.24, 2.45) is 33.3 Å². The van der Waals surface area contributed by atoms with E-state index in [-0.39, 0.29) is 65.5 Å². The maximum Gasteiger partial charge on any atom is 0.233 e. The van der Waals surface area contributed by atoms with Gasteiger partial charge in [0, 0.05) is 60.0 Å². The summed E-state index contributed by atoms with van der Waals surface area (Å²) in [6.07, 6.45) is 14.9. The van der Waals surface area contributed by atoms with Crippen LogP contribution in [0.5, 0.6) is 11.8 Å². The topological polar surface area (TPSA) is 319 Å². The first-order chi connectivity index (χ1) is 37.3. The second-order valence-corrected chi connectivity index (χ2v) is 27.1. The Morgan fingerprint density at radius 1 is 0.658 bits per heavy atom. The first-order valence-electron chi connectivity index (χ1n) is 23.5.